The molecule has 0 fully saturated rings. The molecule has 0 heterocycles. The van der Waals surface area contributed by atoms with E-state index in [4.69, 9.17) is 22.1 Å². The van der Waals surface area contributed by atoms with Crippen molar-refractivity contribution in [1.82, 2.24) is 0 Å². The van der Waals surface area contributed by atoms with Crippen LogP contribution in [-0.4, -0.2) is 19.4 Å². The maximum Gasteiger partial charge on any atom is 0.168 e. The van der Waals surface area contributed by atoms with Crippen LogP contribution in [0.3, 0.4) is 0 Å². The molecular formula is C12H16ClNO2. The zero-order valence-corrected chi connectivity index (χ0v) is 10.5. The topological polar surface area (TPSA) is 52.3 Å². The number of hydrogen-bond donors (Lipinski definition) is 1. The van der Waals surface area contributed by atoms with Gasteiger partial charge >= 0.3 is 0 Å². The highest BCUT2D eigenvalue weighted by Gasteiger charge is 2.19. The smallest absolute Gasteiger partial charge is 0.168 e. The molecule has 0 saturated carbocycles. The van der Waals surface area contributed by atoms with Crippen molar-refractivity contribution in [2.45, 2.75) is 20.3 Å². The van der Waals surface area contributed by atoms with Crippen LogP contribution >= 0.6 is 11.6 Å². The quantitative estimate of drug-likeness (QED) is 0.824. The van der Waals surface area contributed by atoms with Gasteiger partial charge in [-0.25, -0.2) is 0 Å². The molecule has 1 rings (SSSR count). The Morgan fingerprint density at radius 1 is 1.50 bits per heavy atom. The number of Topliss-reactive ketones (excluding diaryl/α,β-unsaturated/α-hetero) is 1. The van der Waals surface area contributed by atoms with Crippen LogP contribution in [0.4, 0.5) is 0 Å². The van der Waals surface area contributed by atoms with E-state index in [1.54, 1.807) is 6.07 Å². The second-order valence-electron chi connectivity index (χ2n) is 3.67. The molecule has 0 aromatic heterocycles. The minimum Gasteiger partial charge on any atom is -0.494 e. The van der Waals surface area contributed by atoms with Crippen molar-refractivity contribution in [1.29, 1.82) is 0 Å². The first-order valence-electron chi connectivity index (χ1n) is 5.09. The summed E-state index contributed by atoms with van der Waals surface area (Å²) in [6.45, 7) is 4.13. The van der Waals surface area contributed by atoms with Crippen molar-refractivity contribution in [3.63, 3.8) is 0 Å². The van der Waals surface area contributed by atoms with Gasteiger partial charge in [0.15, 0.2) is 5.78 Å². The van der Waals surface area contributed by atoms with Gasteiger partial charge in [0.2, 0.25) is 0 Å². The predicted octanol–water partition coefficient (Wildman–Crippen LogP) is 2.50. The van der Waals surface area contributed by atoms with Gasteiger partial charge in [-0.15, -0.1) is 0 Å². The molecule has 0 unspecified atom stereocenters. The average molecular weight is 242 g/mol. The molecule has 0 aliphatic heterocycles. The molecule has 1 aromatic carbocycles. The first-order chi connectivity index (χ1) is 7.52. The van der Waals surface area contributed by atoms with Crippen molar-refractivity contribution in [2.75, 3.05) is 13.7 Å². The average Bonchev–Trinajstić information content (AvgIpc) is 2.23. The Morgan fingerprint density at radius 3 is 2.62 bits per heavy atom. The van der Waals surface area contributed by atoms with E-state index >= 15 is 0 Å². The number of carbonyl (C=O) groups excluding carboxylic acids is 1. The lowest BCUT2D eigenvalue weighted by Crippen LogP contribution is -2.11. The molecule has 0 saturated heterocycles. The van der Waals surface area contributed by atoms with Gasteiger partial charge in [0, 0.05) is 6.42 Å². The lowest BCUT2D eigenvalue weighted by Gasteiger charge is -2.14. The fourth-order valence-electron chi connectivity index (χ4n) is 1.64. The minimum atomic E-state index is -0.0255. The van der Waals surface area contributed by atoms with Gasteiger partial charge in [-0.3, -0.25) is 4.79 Å². The Morgan fingerprint density at radius 2 is 2.12 bits per heavy atom. The SMILES string of the molecule is COc1c(Cl)cc(C)c(C)c1C(=O)CCN. The summed E-state index contributed by atoms with van der Waals surface area (Å²) in [5, 5.41) is 0.464. The summed E-state index contributed by atoms with van der Waals surface area (Å²) >= 11 is 6.04. The van der Waals surface area contributed by atoms with Crippen molar-refractivity contribution in [3.8, 4) is 5.75 Å². The maximum absolute atomic E-state index is 11.9. The number of ether oxygens (including phenoxy) is 1. The lowest BCUT2D eigenvalue weighted by atomic mass is 9.97. The summed E-state index contributed by atoms with van der Waals surface area (Å²) in [6, 6.07) is 1.80. The third kappa shape index (κ3) is 2.36. The normalized spacial score (nSPS) is 10.3. The molecule has 1 aromatic rings. The van der Waals surface area contributed by atoms with E-state index in [0.29, 0.717) is 29.3 Å². The molecule has 0 spiro atoms. The Balaban J connectivity index is 3.38. The number of aryl methyl sites for hydroxylation is 1. The van der Waals surface area contributed by atoms with Crippen molar-refractivity contribution in [2.24, 2.45) is 5.73 Å². The second kappa shape index (κ2) is 5.32. The van der Waals surface area contributed by atoms with E-state index in [-0.39, 0.29) is 5.78 Å². The van der Waals surface area contributed by atoms with Crippen LogP contribution in [0.5, 0.6) is 5.75 Å². The third-order valence-electron chi connectivity index (χ3n) is 2.61. The third-order valence-corrected chi connectivity index (χ3v) is 2.89. The molecule has 0 aliphatic carbocycles. The van der Waals surface area contributed by atoms with Crippen LogP contribution in [0.1, 0.15) is 27.9 Å². The predicted molar refractivity (Wildman–Crippen MR) is 65.5 cm³/mol. The highest BCUT2D eigenvalue weighted by Crippen LogP contribution is 2.33. The summed E-state index contributed by atoms with van der Waals surface area (Å²) in [5.41, 5.74) is 7.82. The van der Waals surface area contributed by atoms with Crippen LogP contribution in [0.2, 0.25) is 5.02 Å². The highest BCUT2D eigenvalue weighted by molar-refractivity contribution is 6.33. The van der Waals surface area contributed by atoms with E-state index in [2.05, 4.69) is 0 Å². The van der Waals surface area contributed by atoms with Gasteiger partial charge in [-0.2, -0.15) is 0 Å². The number of rotatable bonds is 4. The molecule has 0 radical (unpaired) electrons. The standard InChI is InChI=1S/C12H16ClNO2/c1-7-6-9(13)12(16-3)11(8(7)2)10(15)4-5-14/h6H,4-5,14H2,1-3H3. The molecule has 16 heavy (non-hydrogen) atoms. The number of nitrogens with two attached hydrogens (primary N) is 1. The zero-order chi connectivity index (χ0) is 12.3. The number of hydrogen-bond acceptors (Lipinski definition) is 3. The van der Waals surface area contributed by atoms with Crippen LogP contribution in [-0.2, 0) is 0 Å². The molecule has 4 heteroatoms. The number of carbonyl (C=O) groups is 1. The molecule has 3 nitrogen and oxygen atoms in total. The van der Waals surface area contributed by atoms with Gasteiger partial charge in [0.1, 0.15) is 5.75 Å². The molecular weight excluding hydrogens is 226 g/mol. The van der Waals surface area contributed by atoms with Crippen LogP contribution in [0.25, 0.3) is 0 Å². The van der Waals surface area contributed by atoms with Gasteiger partial charge in [0.25, 0.3) is 0 Å². The van der Waals surface area contributed by atoms with Crippen LogP contribution in [0.15, 0.2) is 6.07 Å². The first-order valence-corrected chi connectivity index (χ1v) is 5.47. The molecule has 0 aliphatic rings. The Kier molecular flexibility index (Phi) is 4.33. The Labute approximate surface area is 101 Å². The highest BCUT2D eigenvalue weighted by atomic mass is 35.5. The fraction of sp³-hybridized carbons (Fsp3) is 0.417. The summed E-state index contributed by atoms with van der Waals surface area (Å²) < 4.78 is 5.19. The molecule has 0 atom stereocenters. The first kappa shape index (κ1) is 13.0. The lowest BCUT2D eigenvalue weighted by molar-refractivity contribution is 0.0982. The van der Waals surface area contributed by atoms with E-state index in [9.17, 15) is 4.79 Å². The van der Waals surface area contributed by atoms with Crippen LogP contribution < -0.4 is 10.5 Å². The van der Waals surface area contributed by atoms with E-state index in [1.165, 1.54) is 7.11 Å². The summed E-state index contributed by atoms with van der Waals surface area (Å²) in [7, 11) is 1.51. The Hall–Kier alpha value is -1.06. The van der Waals surface area contributed by atoms with Gasteiger partial charge < -0.3 is 10.5 Å². The molecule has 0 amide bonds. The van der Waals surface area contributed by atoms with Gasteiger partial charge in [0.05, 0.1) is 17.7 Å². The number of benzene rings is 1. The number of methoxy groups -OCH3 is 1. The largest absolute Gasteiger partial charge is 0.494 e. The maximum atomic E-state index is 11.9. The molecule has 0 bridgehead atoms. The monoisotopic (exact) mass is 241 g/mol. The van der Waals surface area contributed by atoms with Crippen LogP contribution in [0, 0.1) is 13.8 Å². The molecule has 88 valence electrons. The van der Waals surface area contributed by atoms with Gasteiger partial charge in [-0.05, 0) is 37.6 Å². The summed E-state index contributed by atoms with van der Waals surface area (Å²) in [6.07, 6.45) is 0.303. The van der Waals surface area contributed by atoms with E-state index < -0.39 is 0 Å². The van der Waals surface area contributed by atoms with Crippen molar-refractivity contribution >= 4 is 17.4 Å². The summed E-state index contributed by atoms with van der Waals surface area (Å²) in [4.78, 5) is 11.9. The van der Waals surface area contributed by atoms with E-state index in [0.717, 1.165) is 11.1 Å². The van der Waals surface area contributed by atoms with E-state index in [1.807, 2.05) is 13.8 Å². The summed E-state index contributed by atoms with van der Waals surface area (Å²) in [5.74, 6) is 0.422. The zero-order valence-electron chi connectivity index (χ0n) is 9.76. The second-order valence-corrected chi connectivity index (χ2v) is 4.08. The number of halogens is 1. The fourth-order valence-corrected chi connectivity index (χ4v) is 1.98. The van der Waals surface area contributed by atoms with Crippen molar-refractivity contribution < 1.29 is 9.53 Å². The Bertz CT molecular complexity index is 416. The number of ketones is 1. The van der Waals surface area contributed by atoms with Crippen molar-refractivity contribution in [3.05, 3.63) is 27.8 Å². The minimum absolute atomic E-state index is 0.0255. The van der Waals surface area contributed by atoms with Gasteiger partial charge in [-0.1, -0.05) is 11.6 Å². The molecule has 2 N–H and O–H groups in total.